The summed E-state index contributed by atoms with van der Waals surface area (Å²) in [6.07, 6.45) is 6.91. The molecule has 0 spiro atoms. The van der Waals surface area contributed by atoms with Crippen LogP contribution in [0, 0.1) is 5.82 Å². The van der Waals surface area contributed by atoms with Crippen molar-refractivity contribution in [2.75, 3.05) is 6.54 Å². The number of nitrogens with one attached hydrogen (secondary N) is 1. The average Bonchev–Trinajstić information content (AvgIpc) is 3.14. The van der Waals surface area contributed by atoms with E-state index in [0.717, 1.165) is 31.8 Å². The number of benzene rings is 1. The van der Waals surface area contributed by atoms with E-state index in [1.165, 1.54) is 25.3 Å². The Balaban J connectivity index is 1.59. The molecule has 0 aromatic heterocycles. The molecule has 0 unspecified atom stereocenters. The van der Waals surface area contributed by atoms with Gasteiger partial charge in [-0.05, 0) is 57.2 Å². The lowest BCUT2D eigenvalue weighted by molar-refractivity contribution is -0.0144. The molecule has 0 amide bonds. The molecular formula is C15H19ClFNO. The Morgan fingerprint density at radius 3 is 2.74 bits per heavy atom. The highest BCUT2D eigenvalue weighted by Crippen LogP contribution is 2.39. The van der Waals surface area contributed by atoms with Crippen LogP contribution in [0.4, 0.5) is 4.39 Å². The third-order valence-electron chi connectivity index (χ3n) is 4.08. The second-order valence-electron chi connectivity index (χ2n) is 5.69. The number of ether oxygens (including phenoxy) is 1. The van der Waals surface area contributed by atoms with Crippen LogP contribution in [0.2, 0.25) is 5.02 Å². The van der Waals surface area contributed by atoms with E-state index in [1.807, 2.05) is 0 Å². The van der Waals surface area contributed by atoms with Crippen molar-refractivity contribution in [1.82, 2.24) is 5.32 Å². The molecule has 0 radical (unpaired) electrons. The fourth-order valence-corrected chi connectivity index (χ4v) is 2.67. The van der Waals surface area contributed by atoms with Crippen LogP contribution >= 0.6 is 11.6 Å². The van der Waals surface area contributed by atoms with Crippen LogP contribution in [0.25, 0.3) is 0 Å². The zero-order valence-electron chi connectivity index (χ0n) is 10.9. The van der Waals surface area contributed by atoms with Gasteiger partial charge >= 0.3 is 0 Å². The maximum Gasteiger partial charge on any atom is 0.145 e. The molecule has 4 heteroatoms. The number of halogens is 2. The maximum atomic E-state index is 13.4. The fourth-order valence-electron chi connectivity index (χ4n) is 2.56. The van der Waals surface area contributed by atoms with E-state index in [2.05, 4.69) is 5.32 Å². The Morgan fingerprint density at radius 2 is 2.16 bits per heavy atom. The minimum absolute atomic E-state index is 0.0951. The van der Waals surface area contributed by atoms with Gasteiger partial charge in [0.05, 0.1) is 5.02 Å². The normalized spacial score (nSPS) is 20.9. The summed E-state index contributed by atoms with van der Waals surface area (Å²) >= 11 is 5.68. The van der Waals surface area contributed by atoms with E-state index in [9.17, 15) is 4.39 Å². The van der Waals surface area contributed by atoms with Gasteiger partial charge < -0.3 is 10.1 Å². The highest BCUT2D eigenvalue weighted by atomic mass is 35.5. The van der Waals surface area contributed by atoms with Crippen LogP contribution < -0.4 is 10.1 Å². The molecule has 2 fully saturated rings. The van der Waals surface area contributed by atoms with Gasteiger partial charge in [-0.2, -0.15) is 0 Å². The Bertz CT molecular complexity index is 457. The SMILES string of the molecule is Fc1cc(OC2(CCNC3CC3)CCC2)ccc1Cl. The van der Waals surface area contributed by atoms with Crippen molar-refractivity contribution in [1.29, 1.82) is 0 Å². The molecule has 2 saturated carbocycles. The first-order valence-corrected chi connectivity index (χ1v) is 7.42. The molecule has 0 aliphatic heterocycles. The van der Waals surface area contributed by atoms with Gasteiger partial charge in [0.1, 0.15) is 17.2 Å². The van der Waals surface area contributed by atoms with Crippen LogP contribution in [0.3, 0.4) is 0 Å². The van der Waals surface area contributed by atoms with Crippen molar-refractivity contribution in [3.05, 3.63) is 29.0 Å². The summed E-state index contributed by atoms with van der Waals surface area (Å²) in [5.74, 6) is 0.178. The average molecular weight is 284 g/mol. The third kappa shape index (κ3) is 3.21. The predicted octanol–water partition coefficient (Wildman–Crippen LogP) is 3.92. The summed E-state index contributed by atoms with van der Waals surface area (Å²) in [4.78, 5) is 0. The highest BCUT2D eigenvalue weighted by Gasteiger charge is 2.39. The second-order valence-corrected chi connectivity index (χ2v) is 6.10. The molecular weight excluding hydrogens is 265 g/mol. The monoisotopic (exact) mass is 283 g/mol. The molecule has 1 aromatic rings. The predicted molar refractivity (Wildman–Crippen MR) is 74.3 cm³/mol. The zero-order chi connectivity index (χ0) is 13.3. The first-order chi connectivity index (χ1) is 9.17. The molecule has 2 aliphatic rings. The summed E-state index contributed by atoms with van der Waals surface area (Å²) in [6, 6.07) is 5.42. The molecule has 0 atom stereocenters. The minimum Gasteiger partial charge on any atom is -0.487 e. The molecule has 0 bridgehead atoms. The van der Waals surface area contributed by atoms with E-state index >= 15 is 0 Å². The van der Waals surface area contributed by atoms with Gasteiger partial charge in [-0.3, -0.25) is 0 Å². The van der Waals surface area contributed by atoms with Gasteiger partial charge in [0.15, 0.2) is 0 Å². The van der Waals surface area contributed by atoms with Crippen molar-refractivity contribution >= 4 is 11.6 Å². The van der Waals surface area contributed by atoms with Crippen molar-refractivity contribution < 1.29 is 9.13 Å². The Morgan fingerprint density at radius 1 is 1.37 bits per heavy atom. The van der Waals surface area contributed by atoms with Crippen LogP contribution in [-0.4, -0.2) is 18.2 Å². The van der Waals surface area contributed by atoms with Gasteiger partial charge in [-0.15, -0.1) is 0 Å². The van der Waals surface area contributed by atoms with Crippen molar-refractivity contribution in [2.45, 2.75) is 50.2 Å². The zero-order valence-corrected chi connectivity index (χ0v) is 11.7. The third-order valence-corrected chi connectivity index (χ3v) is 4.39. The lowest BCUT2D eigenvalue weighted by Crippen LogP contribution is -2.45. The molecule has 1 N–H and O–H groups in total. The van der Waals surface area contributed by atoms with Gasteiger partial charge in [0.25, 0.3) is 0 Å². The topological polar surface area (TPSA) is 21.3 Å². The van der Waals surface area contributed by atoms with Gasteiger partial charge in [-0.1, -0.05) is 11.6 Å². The summed E-state index contributed by atoms with van der Waals surface area (Å²) in [5, 5.41) is 3.66. The molecule has 19 heavy (non-hydrogen) atoms. The lowest BCUT2D eigenvalue weighted by atomic mass is 9.77. The molecule has 3 rings (SSSR count). The fraction of sp³-hybridized carbons (Fsp3) is 0.600. The van der Waals surface area contributed by atoms with Crippen molar-refractivity contribution in [3.8, 4) is 5.75 Å². The summed E-state index contributed by atoms with van der Waals surface area (Å²) < 4.78 is 19.5. The standard InChI is InChI=1S/C15H19ClFNO/c16-13-5-4-12(10-14(13)17)19-15(6-1-7-15)8-9-18-11-2-3-11/h4-5,10-11,18H,1-3,6-9H2. The van der Waals surface area contributed by atoms with Gasteiger partial charge in [-0.25, -0.2) is 4.39 Å². The van der Waals surface area contributed by atoms with E-state index < -0.39 is 5.82 Å². The number of hydrogen-bond acceptors (Lipinski definition) is 2. The molecule has 1 aromatic carbocycles. The molecule has 104 valence electrons. The van der Waals surface area contributed by atoms with Crippen molar-refractivity contribution in [2.24, 2.45) is 0 Å². The molecule has 2 nitrogen and oxygen atoms in total. The summed E-state index contributed by atoms with van der Waals surface area (Å²) in [6.45, 7) is 0.987. The van der Waals surface area contributed by atoms with Crippen molar-refractivity contribution in [3.63, 3.8) is 0 Å². The van der Waals surface area contributed by atoms with E-state index in [4.69, 9.17) is 16.3 Å². The van der Waals surface area contributed by atoms with E-state index in [0.29, 0.717) is 5.75 Å². The highest BCUT2D eigenvalue weighted by molar-refractivity contribution is 6.30. The Kier molecular flexibility index (Phi) is 3.68. The van der Waals surface area contributed by atoms with Crippen LogP contribution in [0.15, 0.2) is 18.2 Å². The van der Waals surface area contributed by atoms with Crippen LogP contribution in [0.1, 0.15) is 38.5 Å². The number of hydrogen-bond donors (Lipinski definition) is 1. The first kappa shape index (κ1) is 13.2. The summed E-state index contributed by atoms with van der Waals surface area (Å²) in [5.41, 5.74) is -0.0951. The van der Waals surface area contributed by atoms with Gasteiger partial charge in [0.2, 0.25) is 0 Å². The quantitative estimate of drug-likeness (QED) is 0.854. The van der Waals surface area contributed by atoms with Crippen LogP contribution in [0.5, 0.6) is 5.75 Å². The lowest BCUT2D eigenvalue weighted by Gasteiger charge is -2.42. The Hall–Kier alpha value is -0.800. The molecule has 0 saturated heterocycles. The largest absolute Gasteiger partial charge is 0.487 e. The Labute approximate surface area is 118 Å². The minimum atomic E-state index is -0.412. The first-order valence-electron chi connectivity index (χ1n) is 7.04. The van der Waals surface area contributed by atoms with Crippen LogP contribution in [-0.2, 0) is 0 Å². The molecule has 0 heterocycles. The number of rotatable bonds is 6. The second kappa shape index (κ2) is 5.29. The summed E-state index contributed by atoms with van der Waals surface area (Å²) in [7, 11) is 0. The maximum absolute atomic E-state index is 13.4. The van der Waals surface area contributed by atoms with E-state index in [-0.39, 0.29) is 10.6 Å². The molecule has 2 aliphatic carbocycles. The van der Waals surface area contributed by atoms with E-state index in [1.54, 1.807) is 12.1 Å². The van der Waals surface area contributed by atoms with Gasteiger partial charge in [0, 0.05) is 12.1 Å². The smallest absolute Gasteiger partial charge is 0.145 e.